The number of ether oxygens (including phenoxy) is 1. The number of carbonyl (C=O) groups is 1. The van der Waals surface area contributed by atoms with Gasteiger partial charge in [0.25, 0.3) is 0 Å². The molecule has 78 valence electrons. The van der Waals surface area contributed by atoms with Gasteiger partial charge in [0.05, 0.1) is 13.4 Å². The van der Waals surface area contributed by atoms with Crippen molar-refractivity contribution < 1.29 is 9.53 Å². The van der Waals surface area contributed by atoms with Crippen LogP contribution in [0.1, 0.15) is 12.6 Å². The Morgan fingerprint density at radius 3 is 3.00 bits per heavy atom. The van der Waals surface area contributed by atoms with Crippen LogP contribution in [-0.2, 0) is 18.2 Å². The summed E-state index contributed by atoms with van der Waals surface area (Å²) in [5.74, 6) is 0. The van der Waals surface area contributed by atoms with Crippen molar-refractivity contribution in [1.82, 2.24) is 14.9 Å². The van der Waals surface area contributed by atoms with Crippen molar-refractivity contribution in [3.63, 3.8) is 0 Å². The second-order valence-electron chi connectivity index (χ2n) is 3.24. The number of alkyl carbamates (subject to hydrolysis) is 1. The van der Waals surface area contributed by atoms with E-state index in [-0.39, 0.29) is 6.04 Å². The van der Waals surface area contributed by atoms with Crippen LogP contribution in [0.2, 0.25) is 0 Å². The van der Waals surface area contributed by atoms with Crippen LogP contribution in [0.4, 0.5) is 4.79 Å². The van der Waals surface area contributed by atoms with E-state index in [1.54, 1.807) is 12.5 Å². The SMILES string of the molecule is COC(=O)NC(C)Cc1cncn1C. The van der Waals surface area contributed by atoms with E-state index in [2.05, 4.69) is 15.0 Å². The second kappa shape index (κ2) is 4.64. The van der Waals surface area contributed by atoms with Gasteiger partial charge in [-0.3, -0.25) is 0 Å². The Bertz CT molecular complexity index is 309. The second-order valence-corrected chi connectivity index (χ2v) is 3.24. The first-order valence-electron chi connectivity index (χ1n) is 4.43. The van der Waals surface area contributed by atoms with Crippen molar-refractivity contribution in [1.29, 1.82) is 0 Å². The topological polar surface area (TPSA) is 56.1 Å². The summed E-state index contributed by atoms with van der Waals surface area (Å²) in [6.45, 7) is 1.92. The molecule has 0 aromatic carbocycles. The number of hydrogen-bond donors (Lipinski definition) is 1. The standard InChI is InChI=1S/C9H15N3O2/c1-7(11-9(13)14-3)4-8-5-10-6-12(8)2/h5-7H,4H2,1-3H3,(H,11,13). The van der Waals surface area contributed by atoms with Gasteiger partial charge in [0.1, 0.15) is 0 Å². The Kier molecular flexibility index (Phi) is 3.50. The first kappa shape index (κ1) is 10.6. The van der Waals surface area contributed by atoms with Gasteiger partial charge in [-0.2, -0.15) is 0 Å². The van der Waals surface area contributed by atoms with Gasteiger partial charge < -0.3 is 14.6 Å². The summed E-state index contributed by atoms with van der Waals surface area (Å²) in [4.78, 5) is 14.9. The molecule has 1 amide bonds. The Hall–Kier alpha value is -1.52. The van der Waals surface area contributed by atoms with Crippen LogP contribution in [0.25, 0.3) is 0 Å². The zero-order valence-electron chi connectivity index (χ0n) is 8.65. The molecule has 14 heavy (non-hydrogen) atoms. The number of hydrogen-bond acceptors (Lipinski definition) is 3. The largest absolute Gasteiger partial charge is 0.453 e. The number of amides is 1. The molecular formula is C9H15N3O2. The molecule has 0 aliphatic heterocycles. The third-order valence-corrected chi connectivity index (χ3v) is 1.98. The fourth-order valence-electron chi connectivity index (χ4n) is 1.21. The maximum Gasteiger partial charge on any atom is 0.407 e. The average Bonchev–Trinajstić information content (AvgIpc) is 2.51. The molecule has 1 atom stereocenters. The summed E-state index contributed by atoms with van der Waals surface area (Å²) < 4.78 is 6.42. The van der Waals surface area contributed by atoms with Gasteiger partial charge in [0, 0.05) is 31.4 Å². The van der Waals surface area contributed by atoms with Crippen LogP contribution >= 0.6 is 0 Å². The summed E-state index contributed by atoms with van der Waals surface area (Å²) in [5.41, 5.74) is 1.08. The van der Waals surface area contributed by atoms with E-state index in [1.807, 2.05) is 18.5 Å². The van der Waals surface area contributed by atoms with Gasteiger partial charge in [-0.05, 0) is 6.92 Å². The lowest BCUT2D eigenvalue weighted by Gasteiger charge is -2.12. The highest BCUT2D eigenvalue weighted by Gasteiger charge is 2.09. The summed E-state index contributed by atoms with van der Waals surface area (Å²) in [6, 6.07) is 0.0397. The number of nitrogens with one attached hydrogen (secondary N) is 1. The lowest BCUT2D eigenvalue weighted by atomic mass is 10.2. The van der Waals surface area contributed by atoms with Gasteiger partial charge >= 0.3 is 6.09 Å². The van der Waals surface area contributed by atoms with Crippen molar-refractivity contribution >= 4 is 6.09 Å². The highest BCUT2D eigenvalue weighted by Crippen LogP contribution is 2.01. The number of aromatic nitrogens is 2. The predicted octanol–water partition coefficient (Wildman–Crippen LogP) is 0.707. The zero-order valence-corrected chi connectivity index (χ0v) is 8.65. The third-order valence-electron chi connectivity index (χ3n) is 1.98. The van der Waals surface area contributed by atoms with E-state index < -0.39 is 6.09 Å². The molecule has 1 heterocycles. The Balaban J connectivity index is 2.45. The van der Waals surface area contributed by atoms with Crippen LogP contribution in [0.3, 0.4) is 0 Å². The first-order chi connectivity index (χ1) is 6.63. The molecule has 0 saturated carbocycles. The van der Waals surface area contributed by atoms with Crippen molar-refractivity contribution in [2.75, 3.05) is 7.11 Å². The van der Waals surface area contributed by atoms with E-state index in [1.165, 1.54) is 7.11 Å². The number of nitrogens with zero attached hydrogens (tertiary/aromatic N) is 2. The number of imidazole rings is 1. The van der Waals surface area contributed by atoms with E-state index in [4.69, 9.17) is 0 Å². The van der Waals surface area contributed by atoms with Crippen LogP contribution in [0, 0.1) is 0 Å². The van der Waals surface area contributed by atoms with Crippen LogP contribution < -0.4 is 5.32 Å². The van der Waals surface area contributed by atoms with E-state index in [9.17, 15) is 4.79 Å². The molecule has 1 N–H and O–H groups in total. The van der Waals surface area contributed by atoms with Gasteiger partial charge in [-0.25, -0.2) is 9.78 Å². The number of rotatable bonds is 3. The molecule has 1 unspecified atom stereocenters. The molecule has 5 nitrogen and oxygen atoms in total. The minimum absolute atomic E-state index is 0.0397. The number of aryl methyl sites for hydroxylation is 1. The van der Waals surface area contributed by atoms with Crippen molar-refractivity contribution in [3.05, 3.63) is 18.2 Å². The normalized spacial score (nSPS) is 12.2. The smallest absolute Gasteiger partial charge is 0.407 e. The monoisotopic (exact) mass is 197 g/mol. The summed E-state index contributed by atoms with van der Waals surface area (Å²) in [5, 5.41) is 2.69. The molecule has 0 saturated heterocycles. The fraction of sp³-hybridized carbons (Fsp3) is 0.556. The van der Waals surface area contributed by atoms with Crippen molar-refractivity contribution in [2.45, 2.75) is 19.4 Å². The van der Waals surface area contributed by atoms with E-state index >= 15 is 0 Å². The molecule has 0 aliphatic rings. The highest BCUT2D eigenvalue weighted by atomic mass is 16.5. The molecule has 0 fully saturated rings. The van der Waals surface area contributed by atoms with Crippen LogP contribution in [0.5, 0.6) is 0 Å². The molecule has 1 aromatic rings. The molecule has 1 aromatic heterocycles. The predicted molar refractivity (Wildman–Crippen MR) is 51.9 cm³/mol. The minimum Gasteiger partial charge on any atom is -0.453 e. The van der Waals surface area contributed by atoms with Gasteiger partial charge in [-0.1, -0.05) is 0 Å². The fourth-order valence-corrected chi connectivity index (χ4v) is 1.21. The van der Waals surface area contributed by atoms with Crippen LogP contribution in [-0.4, -0.2) is 28.8 Å². The molecule has 1 rings (SSSR count). The third kappa shape index (κ3) is 2.76. The highest BCUT2D eigenvalue weighted by molar-refractivity contribution is 5.67. The molecule has 0 bridgehead atoms. The lowest BCUT2D eigenvalue weighted by molar-refractivity contribution is 0.167. The maximum atomic E-state index is 10.9. The van der Waals surface area contributed by atoms with Crippen molar-refractivity contribution in [2.24, 2.45) is 7.05 Å². The zero-order chi connectivity index (χ0) is 10.6. The summed E-state index contributed by atoms with van der Waals surface area (Å²) in [6.07, 6.45) is 3.86. The lowest BCUT2D eigenvalue weighted by Crippen LogP contribution is -2.34. The summed E-state index contributed by atoms with van der Waals surface area (Å²) >= 11 is 0. The molecular weight excluding hydrogens is 182 g/mol. The first-order valence-corrected chi connectivity index (χ1v) is 4.43. The quantitative estimate of drug-likeness (QED) is 0.776. The van der Waals surface area contributed by atoms with Gasteiger partial charge in [0.2, 0.25) is 0 Å². The van der Waals surface area contributed by atoms with E-state index in [0.29, 0.717) is 0 Å². The average molecular weight is 197 g/mol. The number of methoxy groups -OCH3 is 1. The Morgan fingerprint density at radius 2 is 2.50 bits per heavy atom. The maximum absolute atomic E-state index is 10.9. The van der Waals surface area contributed by atoms with Gasteiger partial charge in [-0.15, -0.1) is 0 Å². The summed E-state index contributed by atoms with van der Waals surface area (Å²) in [7, 11) is 3.28. The minimum atomic E-state index is -0.403. The number of carbonyl (C=O) groups excluding carboxylic acids is 1. The molecule has 0 aliphatic carbocycles. The Morgan fingerprint density at radius 1 is 1.79 bits per heavy atom. The van der Waals surface area contributed by atoms with Crippen molar-refractivity contribution in [3.8, 4) is 0 Å². The molecule has 5 heteroatoms. The molecule has 0 spiro atoms. The van der Waals surface area contributed by atoms with Gasteiger partial charge in [0.15, 0.2) is 0 Å². The molecule has 0 radical (unpaired) electrons. The van der Waals surface area contributed by atoms with Crippen LogP contribution in [0.15, 0.2) is 12.5 Å². The van der Waals surface area contributed by atoms with E-state index in [0.717, 1.165) is 12.1 Å². The Labute approximate surface area is 83.1 Å².